The van der Waals surface area contributed by atoms with E-state index in [9.17, 15) is 0 Å². The first-order valence-corrected chi connectivity index (χ1v) is 5.95. The van der Waals surface area contributed by atoms with E-state index in [0.717, 1.165) is 11.7 Å². The minimum atomic E-state index is 0.282. The lowest BCUT2D eigenvalue weighted by Crippen LogP contribution is -1.90. The molecule has 15 heavy (non-hydrogen) atoms. The van der Waals surface area contributed by atoms with E-state index in [2.05, 4.69) is 40.6 Å². The molecule has 7 heteroatoms. The Morgan fingerprint density at radius 2 is 1.33 bits per heavy atom. The van der Waals surface area contributed by atoms with Crippen LogP contribution in [0.3, 0.4) is 0 Å². The van der Waals surface area contributed by atoms with Crippen LogP contribution in [0.25, 0.3) is 11.0 Å². The van der Waals surface area contributed by atoms with Crippen LogP contribution < -0.4 is 0 Å². The molecule has 0 fully saturated rings. The molecule has 0 N–H and O–H groups in total. The average molecular weight is 344 g/mol. The van der Waals surface area contributed by atoms with E-state index >= 15 is 0 Å². The Morgan fingerprint density at radius 3 is 1.67 bits per heavy atom. The van der Waals surface area contributed by atoms with Crippen LogP contribution in [-0.2, 0) is 0 Å². The van der Waals surface area contributed by atoms with E-state index in [0.29, 0.717) is 20.0 Å². The number of fused-ring (bicyclic) bond motifs is 1. The lowest BCUT2D eigenvalue weighted by atomic mass is 10.1. The van der Waals surface area contributed by atoms with Crippen molar-refractivity contribution < 1.29 is 0 Å². The molecule has 4 nitrogen and oxygen atoms in total. The Balaban J connectivity index is 3.07. The predicted octanol–water partition coefficient (Wildman–Crippen LogP) is 2.96. The smallest absolute Gasteiger partial charge is 0.121 e. The number of rotatable bonds is 0. The molecule has 0 saturated carbocycles. The number of hydrogen-bond donors (Lipinski definition) is 0. The van der Waals surface area contributed by atoms with Gasteiger partial charge in [0, 0.05) is 0 Å². The van der Waals surface area contributed by atoms with Crippen molar-refractivity contribution in [1.82, 2.24) is 8.75 Å². The zero-order valence-corrected chi connectivity index (χ0v) is 10.9. The Hall–Kier alpha value is -1.02. The van der Waals surface area contributed by atoms with Gasteiger partial charge in [0.05, 0.1) is 31.8 Å². The molecule has 0 aliphatic carbocycles. The summed E-state index contributed by atoms with van der Waals surface area (Å²) in [7, 11) is 0. The van der Waals surface area contributed by atoms with Crippen LogP contribution in [0.2, 0.25) is 0 Å². The molecular formula is C8Br2N4S. The van der Waals surface area contributed by atoms with Crippen LogP contribution in [0.1, 0.15) is 11.1 Å². The molecule has 0 amide bonds. The van der Waals surface area contributed by atoms with E-state index in [1.807, 2.05) is 12.1 Å². The molecule has 0 radical (unpaired) electrons. The fraction of sp³-hybridized carbons (Fsp3) is 0. The van der Waals surface area contributed by atoms with Gasteiger partial charge in [-0.1, -0.05) is 0 Å². The Kier molecular flexibility index (Phi) is 2.70. The molecule has 2 aromatic rings. The molecule has 0 aliphatic heterocycles. The average Bonchev–Trinajstić information content (AvgIpc) is 2.72. The lowest BCUT2D eigenvalue weighted by molar-refractivity contribution is 1.41. The molecule has 0 saturated heterocycles. The van der Waals surface area contributed by atoms with Crippen molar-refractivity contribution in [2.75, 3.05) is 0 Å². The van der Waals surface area contributed by atoms with Gasteiger partial charge in [0.2, 0.25) is 0 Å². The van der Waals surface area contributed by atoms with Crippen molar-refractivity contribution in [3.05, 3.63) is 20.1 Å². The van der Waals surface area contributed by atoms with Gasteiger partial charge in [-0.25, -0.2) is 0 Å². The van der Waals surface area contributed by atoms with Gasteiger partial charge in [0.1, 0.15) is 23.2 Å². The summed E-state index contributed by atoms with van der Waals surface area (Å²) >= 11 is 7.55. The normalized spacial score (nSPS) is 9.87. The molecule has 0 bridgehead atoms. The summed E-state index contributed by atoms with van der Waals surface area (Å²) in [6.45, 7) is 0. The van der Waals surface area contributed by atoms with Crippen LogP contribution >= 0.6 is 43.6 Å². The minimum absolute atomic E-state index is 0.282. The monoisotopic (exact) mass is 342 g/mol. The van der Waals surface area contributed by atoms with E-state index in [1.165, 1.54) is 0 Å². The second-order valence-electron chi connectivity index (χ2n) is 2.56. The maximum atomic E-state index is 8.96. The van der Waals surface area contributed by atoms with Gasteiger partial charge in [-0.15, -0.1) is 0 Å². The molecule has 0 spiro atoms. The van der Waals surface area contributed by atoms with Gasteiger partial charge >= 0.3 is 0 Å². The largest absolute Gasteiger partial charge is 0.192 e. The molecule has 1 heterocycles. The Morgan fingerprint density at radius 1 is 0.933 bits per heavy atom. The SMILES string of the molecule is N#Cc1c(C#N)c(Br)c2nsnc2c1Br. The van der Waals surface area contributed by atoms with Crippen molar-refractivity contribution >= 4 is 54.6 Å². The second-order valence-corrected chi connectivity index (χ2v) is 4.68. The van der Waals surface area contributed by atoms with Gasteiger partial charge in [-0.05, 0) is 31.9 Å². The highest BCUT2D eigenvalue weighted by atomic mass is 79.9. The van der Waals surface area contributed by atoms with Gasteiger partial charge in [-0.3, -0.25) is 0 Å². The van der Waals surface area contributed by atoms with Gasteiger partial charge in [-0.2, -0.15) is 19.3 Å². The summed E-state index contributed by atoms with van der Waals surface area (Å²) in [6.07, 6.45) is 0. The Bertz CT molecular complexity index is 581. The third-order valence-electron chi connectivity index (χ3n) is 1.82. The van der Waals surface area contributed by atoms with E-state index in [1.54, 1.807) is 0 Å². The highest BCUT2D eigenvalue weighted by Gasteiger charge is 2.19. The first-order chi connectivity index (χ1) is 7.20. The fourth-order valence-electron chi connectivity index (χ4n) is 1.14. The summed E-state index contributed by atoms with van der Waals surface area (Å²) in [5, 5.41) is 17.9. The van der Waals surface area contributed by atoms with Crippen molar-refractivity contribution in [3.8, 4) is 12.1 Å². The van der Waals surface area contributed by atoms with E-state index < -0.39 is 0 Å². The molecule has 2 rings (SSSR count). The number of nitriles is 2. The van der Waals surface area contributed by atoms with Crippen molar-refractivity contribution in [3.63, 3.8) is 0 Å². The minimum Gasteiger partial charge on any atom is -0.192 e. The zero-order valence-electron chi connectivity index (χ0n) is 6.95. The molecule has 0 unspecified atom stereocenters. The van der Waals surface area contributed by atoms with Crippen LogP contribution in [0, 0.1) is 22.7 Å². The van der Waals surface area contributed by atoms with Gasteiger partial charge in [0.15, 0.2) is 0 Å². The molecular weight excluding hydrogens is 344 g/mol. The molecule has 0 aliphatic rings. The maximum Gasteiger partial charge on any atom is 0.121 e. The second kappa shape index (κ2) is 3.86. The summed E-state index contributed by atoms with van der Waals surface area (Å²) in [5.74, 6) is 0. The first-order valence-electron chi connectivity index (χ1n) is 3.64. The number of halogens is 2. The van der Waals surface area contributed by atoms with Crippen LogP contribution in [0.15, 0.2) is 8.95 Å². The summed E-state index contributed by atoms with van der Waals surface area (Å²) in [4.78, 5) is 0. The highest BCUT2D eigenvalue weighted by molar-refractivity contribution is 9.11. The third-order valence-corrected chi connectivity index (χ3v) is 3.89. The van der Waals surface area contributed by atoms with Crippen LogP contribution in [0.5, 0.6) is 0 Å². The van der Waals surface area contributed by atoms with Gasteiger partial charge in [0.25, 0.3) is 0 Å². The molecule has 1 aromatic carbocycles. The van der Waals surface area contributed by atoms with Gasteiger partial charge < -0.3 is 0 Å². The summed E-state index contributed by atoms with van der Waals surface area (Å²) < 4.78 is 9.16. The quantitative estimate of drug-likeness (QED) is 0.737. The third kappa shape index (κ3) is 1.44. The summed E-state index contributed by atoms with van der Waals surface area (Å²) in [5.41, 5.74) is 1.76. The Labute approximate surface area is 106 Å². The zero-order chi connectivity index (χ0) is 11.0. The van der Waals surface area contributed by atoms with Crippen LogP contribution in [-0.4, -0.2) is 8.75 Å². The topological polar surface area (TPSA) is 73.4 Å². The maximum absolute atomic E-state index is 8.96. The van der Waals surface area contributed by atoms with Crippen molar-refractivity contribution in [2.45, 2.75) is 0 Å². The summed E-state index contributed by atoms with van der Waals surface area (Å²) in [6, 6.07) is 3.95. The fourth-order valence-corrected chi connectivity index (χ4v) is 3.06. The number of hydrogen-bond acceptors (Lipinski definition) is 5. The first kappa shape index (κ1) is 10.5. The molecule has 0 atom stereocenters. The standard InChI is InChI=1S/C8Br2N4S/c9-5-3(1-11)4(2-12)6(10)8-7(5)13-15-14-8. The molecule has 72 valence electrons. The van der Waals surface area contributed by atoms with Crippen molar-refractivity contribution in [1.29, 1.82) is 10.5 Å². The highest BCUT2D eigenvalue weighted by Crippen LogP contribution is 2.35. The number of aromatic nitrogens is 2. The number of nitrogens with zero attached hydrogens (tertiary/aromatic N) is 4. The van der Waals surface area contributed by atoms with Crippen LogP contribution in [0.4, 0.5) is 0 Å². The van der Waals surface area contributed by atoms with E-state index in [4.69, 9.17) is 10.5 Å². The van der Waals surface area contributed by atoms with Crippen molar-refractivity contribution in [2.24, 2.45) is 0 Å². The van der Waals surface area contributed by atoms with E-state index in [-0.39, 0.29) is 11.1 Å². The molecule has 1 aromatic heterocycles. The predicted molar refractivity (Wildman–Crippen MR) is 62.2 cm³/mol. The lowest BCUT2D eigenvalue weighted by Gasteiger charge is -2.01. The number of benzene rings is 1.